The molecule has 176 valence electrons. The van der Waals surface area contributed by atoms with Gasteiger partial charge in [-0.05, 0) is 24.3 Å². The Hall–Kier alpha value is -3.83. The maximum atomic E-state index is 12.8. The van der Waals surface area contributed by atoms with E-state index in [9.17, 15) is 18.0 Å². The van der Waals surface area contributed by atoms with E-state index in [4.69, 9.17) is 19.1 Å². The summed E-state index contributed by atoms with van der Waals surface area (Å²) in [5.41, 5.74) is 1.03. The molecule has 4 rings (SSSR count). The molecular weight excluding hydrogens is 445 g/mol. The Kier molecular flexibility index (Phi) is 7.70. The van der Waals surface area contributed by atoms with Crippen LogP contribution in [0.2, 0.25) is 0 Å². The number of carboxylic acid groups (broad SMARTS) is 1. The number of carbonyl (C=O) groups excluding carboxylic acids is 1. The molecule has 12 heteroatoms. The summed E-state index contributed by atoms with van der Waals surface area (Å²) in [6.45, 7) is 2.44. The van der Waals surface area contributed by atoms with E-state index in [0.29, 0.717) is 25.5 Å². The number of amides is 1. The number of carboxylic acids is 1. The summed E-state index contributed by atoms with van der Waals surface area (Å²) in [6.07, 6.45) is 3.80. The van der Waals surface area contributed by atoms with E-state index >= 15 is 0 Å². The molecular formula is C21H21F3N4O5. The Bertz CT molecular complexity index is 1040. The molecule has 0 radical (unpaired) electrons. The Balaban J connectivity index is 0.000000383. The molecule has 3 aromatic heterocycles. The smallest absolute Gasteiger partial charge is 0.490 e. The zero-order valence-corrected chi connectivity index (χ0v) is 17.3. The number of nitrogens with zero attached hydrogens (tertiary/aromatic N) is 4. The van der Waals surface area contributed by atoms with Crippen LogP contribution in [0.5, 0.6) is 5.75 Å². The van der Waals surface area contributed by atoms with Crippen molar-refractivity contribution in [3.8, 4) is 5.75 Å². The fraction of sp³-hybridized carbons (Fsp3) is 0.333. The lowest BCUT2D eigenvalue weighted by atomic mass is 10.1. The summed E-state index contributed by atoms with van der Waals surface area (Å²) in [5, 5.41) is 7.12. The minimum atomic E-state index is -5.08. The van der Waals surface area contributed by atoms with Crippen molar-refractivity contribution in [2.24, 2.45) is 5.92 Å². The van der Waals surface area contributed by atoms with Crippen LogP contribution in [0.15, 0.2) is 59.9 Å². The number of aromatic nitrogens is 3. The van der Waals surface area contributed by atoms with Crippen molar-refractivity contribution in [2.45, 2.75) is 25.7 Å². The summed E-state index contributed by atoms with van der Waals surface area (Å²) in [5.74, 6) is -1.15. The van der Waals surface area contributed by atoms with E-state index in [1.54, 1.807) is 24.7 Å². The van der Waals surface area contributed by atoms with Crippen molar-refractivity contribution in [1.82, 2.24) is 19.4 Å². The molecule has 0 aromatic carbocycles. The van der Waals surface area contributed by atoms with Gasteiger partial charge in [-0.3, -0.25) is 9.78 Å². The van der Waals surface area contributed by atoms with Crippen molar-refractivity contribution < 1.29 is 37.0 Å². The molecule has 1 aliphatic heterocycles. The first kappa shape index (κ1) is 23.8. The molecule has 1 unspecified atom stereocenters. The summed E-state index contributed by atoms with van der Waals surface area (Å²) in [6, 6.07) is 7.34. The van der Waals surface area contributed by atoms with Gasteiger partial charge < -0.3 is 23.7 Å². The second kappa shape index (κ2) is 10.7. The summed E-state index contributed by atoms with van der Waals surface area (Å²) < 4.78 is 45.0. The molecule has 1 atom stereocenters. The normalized spacial score (nSPS) is 15.6. The van der Waals surface area contributed by atoms with Gasteiger partial charge >= 0.3 is 12.1 Å². The monoisotopic (exact) mass is 466 g/mol. The second-order valence-electron chi connectivity index (χ2n) is 7.24. The topological polar surface area (TPSA) is 111 Å². The molecule has 33 heavy (non-hydrogen) atoms. The van der Waals surface area contributed by atoms with Gasteiger partial charge in [0.15, 0.2) is 0 Å². The summed E-state index contributed by atoms with van der Waals surface area (Å²) in [7, 11) is 0. The number of halogens is 3. The van der Waals surface area contributed by atoms with Gasteiger partial charge in [0.05, 0.1) is 44.1 Å². The first-order chi connectivity index (χ1) is 15.7. The van der Waals surface area contributed by atoms with Crippen LogP contribution in [0.25, 0.3) is 0 Å². The van der Waals surface area contributed by atoms with Gasteiger partial charge in [0.25, 0.3) is 0 Å². The molecule has 1 amide bonds. The fourth-order valence-electron chi connectivity index (χ4n) is 3.17. The Morgan fingerprint density at radius 2 is 1.97 bits per heavy atom. The van der Waals surface area contributed by atoms with Gasteiger partial charge in [0.1, 0.15) is 11.5 Å². The van der Waals surface area contributed by atoms with E-state index in [0.717, 1.165) is 18.0 Å². The highest BCUT2D eigenvalue weighted by molar-refractivity contribution is 5.78. The lowest BCUT2D eigenvalue weighted by Crippen LogP contribution is -2.36. The SMILES string of the molecule is O=C(Cc1ccco1)N1Cc2cncn2CC(COc2cccnc2)C1.O=C(O)C(F)(F)F. The van der Waals surface area contributed by atoms with E-state index in [1.165, 1.54) is 0 Å². The average molecular weight is 466 g/mol. The molecule has 3 aromatic rings. The number of fused-ring (bicyclic) bond motifs is 1. The predicted octanol–water partition coefficient (Wildman–Crippen LogP) is 2.78. The molecule has 0 saturated heterocycles. The zero-order valence-electron chi connectivity index (χ0n) is 17.3. The van der Waals surface area contributed by atoms with E-state index < -0.39 is 12.1 Å². The molecule has 9 nitrogen and oxygen atoms in total. The standard InChI is InChI=1S/C19H20N4O3.C2HF3O2/c24-19(7-17-4-2-6-25-17)22-10-15(11-23-14-21-8-16(23)12-22)13-26-18-3-1-5-20-9-18;3-2(4,5)1(6)7/h1-6,8-9,14-15H,7,10-13H2;(H,6,7). The van der Waals surface area contributed by atoms with Gasteiger partial charge in [-0.15, -0.1) is 0 Å². The van der Waals surface area contributed by atoms with Crippen LogP contribution in [-0.4, -0.2) is 55.7 Å². The van der Waals surface area contributed by atoms with Gasteiger partial charge in [-0.2, -0.15) is 13.2 Å². The van der Waals surface area contributed by atoms with Crippen LogP contribution in [0.4, 0.5) is 13.2 Å². The Labute approximate surface area is 186 Å². The minimum absolute atomic E-state index is 0.0426. The van der Waals surface area contributed by atoms with E-state index in [-0.39, 0.29) is 18.2 Å². The van der Waals surface area contributed by atoms with Crippen LogP contribution in [-0.2, 0) is 29.1 Å². The van der Waals surface area contributed by atoms with Crippen molar-refractivity contribution in [3.05, 3.63) is 66.9 Å². The lowest BCUT2D eigenvalue weighted by Gasteiger charge is -2.24. The first-order valence-corrected chi connectivity index (χ1v) is 9.84. The quantitative estimate of drug-likeness (QED) is 0.616. The third kappa shape index (κ3) is 7.09. The third-order valence-corrected chi connectivity index (χ3v) is 4.71. The van der Waals surface area contributed by atoms with E-state index in [2.05, 4.69) is 14.5 Å². The van der Waals surface area contributed by atoms with Crippen LogP contribution < -0.4 is 4.74 Å². The van der Waals surface area contributed by atoms with Crippen molar-refractivity contribution in [3.63, 3.8) is 0 Å². The number of aliphatic carboxylic acids is 1. The molecule has 0 saturated carbocycles. The van der Waals surface area contributed by atoms with Crippen LogP contribution in [0.3, 0.4) is 0 Å². The molecule has 0 spiro atoms. The number of alkyl halides is 3. The molecule has 0 fully saturated rings. The number of imidazole rings is 1. The van der Waals surface area contributed by atoms with Crippen LogP contribution >= 0.6 is 0 Å². The summed E-state index contributed by atoms with van der Waals surface area (Å²) in [4.78, 5) is 31.8. The average Bonchev–Trinajstić information content (AvgIpc) is 3.41. The van der Waals surface area contributed by atoms with Crippen LogP contribution in [0.1, 0.15) is 11.5 Å². The van der Waals surface area contributed by atoms with Gasteiger partial charge in [0, 0.05) is 31.4 Å². The molecule has 1 N–H and O–H groups in total. The number of hydrogen-bond donors (Lipinski definition) is 1. The number of hydrogen-bond acceptors (Lipinski definition) is 6. The number of rotatable bonds is 5. The highest BCUT2D eigenvalue weighted by atomic mass is 19.4. The van der Waals surface area contributed by atoms with Gasteiger partial charge in [0.2, 0.25) is 5.91 Å². The highest BCUT2D eigenvalue weighted by Gasteiger charge is 2.38. The maximum Gasteiger partial charge on any atom is 0.490 e. The second-order valence-corrected chi connectivity index (χ2v) is 7.24. The van der Waals surface area contributed by atoms with Gasteiger partial charge in [-0.25, -0.2) is 9.78 Å². The van der Waals surface area contributed by atoms with Crippen LogP contribution in [0, 0.1) is 5.92 Å². The first-order valence-electron chi connectivity index (χ1n) is 9.84. The third-order valence-electron chi connectivity index (χ3n) is 4.71. The largest absolute Gasteiger partial charge is 0.492 e. The highest BCUT2D eigenvalue weighted by Crippen LogP contribution is 2.19. The van der Waals surface area contributed by atoms with Crippen molar-refractivity contribution in [2.75, 3.05) is 13.2 Å². The number of furan rings is 1. The number of pyridine rings is 1. The lowest BCUT2D eigenvalue weighted by molar-refractivity contribution is -0.192. The molecule has 0 aliphatic carbocycles. The number of carbonyl (C=O) groups is 2. The molecule has 1 aliphatic rings. The van der Waals surface area contributed by atoms with Crippen molar-refractivity contribution in [1.29, 1.82) is 0 Å². The molecule has 0 bridgehead atoms. The maximum absolute atomic E-state index is 12.8. The number of ether oxygens (including phenoxy) is 1. The Morgan fingerprint density at radius 3 is 2.61 bits per heavy atom. The fourth-order valence-corrected chi connectivity index (χ4v) is 3.17. The zero-order chi connectivity index (χ0) is 23.8. The van der Waals surface area contributed by atoms with Gasteiger partial charge in [-0.1, -0.05) is 0 Å². The van der Waals surface area contributed by atoms with Crippen molar-refractivity contribution >= 4 is 11.9 Å². The Morgan fingerprint density at radius 1 is 1.18 bits per heavy atom. The summed E-state index contributed by atoms with van der Waals surface area (Å²) >= 11 is 0. The van der Waals surface area contributed by atoms with E-state index in [1.807, 2.05) is 35.6 Å². The minimum Gasteiger partial charge on any atom is -0.492 e. The molecule has 4 heterocycles. The predicted molar refractivity (Wildman–Crippen MR) is 107 cm³/mol.